The lowest BCUT2D eigenvalue weighted by molar-refractivity contribution is 0.233. The van der Waals surface area contributed by atoms with Crippen LogP contribution in [0.25, 0.3) is 0 Å². The van der Waals surface area contributed by atoms with E-state index in [0.717, 1.165) is 0 Å². The molecule has 94 valence electrons. The first-order valence-corrected chi connectivity index (χ1v) is 6.65. The molecular formula is C13H32N2. The van der Waals surface area contributed by atoms with Gasteiger partial charge in [-0.15, -0.1) is 0 Å². The Kier molecular flexibility index (Phi) is 16.1. The number of hydrogen-bond acceptors (Lipinski definition) is 2. The minimum Gasteiger partial charge on any atom is -0.305 e. The average molecular weight is 216 g/mol. The number of likely N-dealkylation sites (N-methyl/N-ethyl adjacent to an activating group) is 2. The Hall–Kier alpha value is -0.0800. The summed E-state index contributed by atoms with van der Waals surface area (Å²) in [6, 6.07) is 0. The maximum absolute atomic E-state index is 2.52. The third-order valence-corrected chi connectivity index (χ3v) is 2.39. The number of hydrogen-bond donors (Lipinski definition) is 0. The van der Waals surface area contributed by atoms with Gasteiger partial charge in [0.1, 0.15) is 0 Å². The normalized spacial score (nSPS) is 10.4. The smallest absolute Gasteiger partial charge is 0.0109 e. The first-order chi connectivity index (χ1) is 7.24. The molecule has 0 aromatic carbocycles. The Balaban J connectivity index is 0. The summed E-state index contributed by atoms with van der Waals surface area (Å²) in [6.45, 7) is 16.8. The lowest BCUT2D eigenvalue weighted by atomic mass is 10.3. The zero-order valence-corrected chi connectivity index (χ0v) is 11.8. The van der Waals surface area contributed by atoms with Crippen molar-refractivity contribution in [1.29, 1.82) is 0 Å². The lowest BCUT2D eigenvalue weighted by Gasteiger charge is -2.23. The topological polar surface area (TPSA) is 6.48 Å². The summed E-state index contributed by atoms with van der Waals surface area (Å²) in [5, 5.41) is 0. The summed E-state index contributed by atoms with van der Waals surface area (Å²) < 4.78 is 0. The molecule has 0 heterocycles. The Labute approximate surface area is 97.6 Å². The highest BCUT2D eigenvalue weighted by atomic mass is 15.2. The van der Waals surface area contributed by atoms with Crippen LogP contribution in [-0.4, -0.2) is 49.6 Å². The monoisotopic (exact) mass is 216 g/mol. The Morgan fingerprint density at radius 2 is 1.27 bits per heavy atom. The first kappa shape index (κ1) is 17.3. The van der Waals surface area contributed by atoms with Crippen LogP contribution >= 0.6 is 0 Å². The number of rotatable bonds is 8. The van der Waals surface area contributed by atoms with Crippen molar-refractivity contribution in [2.24, 2.45) is 0 Å². The van der Waals surface area contributed by atoms with Gasteiger partial charge in [-0.1, -0.05) is 34.6 Å². The van der Waals surface area contributed by atoms with Crippen LogP contribution in [0.2, 0.25) is 0 Å². The van der Waals surface area contributed by atoms with E-state index in [2.05, 4.69) is 37.6 Å². The van der Waals surface area contributed by atoms with E-state index in [1.165, 1.54) is 45.6 Å². The fourth-order valence-corrected chi connectivity index (χ4v) is 1.55. The summed E-state index contributed by atoms with van der Waals surface area (Å²) in [6.07, 6.45) is 2.53. The molecule has 0 unspecified atom stereocenters. The SMILES string of the molecule is CC.CCCN(C)CCN(CC)CCC. The standard InChI is InChI=1S/C11H26N2.C2H6/c1-5-8-12(4)10-11-13(7-3)9-6-2;1-2/h5-11H2,1-4H3;1-2H3. The van der Waals surface area contributed by atoms with E-state index in [-0.39, 0.29) is 0 Å². The van der Waals surface area contributed by atoms with Crippen LogP contribution in [-0.2, 0) is 0 Å². The zero-order valence-electron chi connectivity index (χ0n) is 11.8. The van der Waals surface area contributed by atoms with Gasteiger partial charge in [0.2, 0.25) is 0 Å². The predicted octanol–water partition coefficient (Wildman–Crippen LogP) is 3.09. The Morgan fingerprint density at radius 3 is 1.67 bits per heavy atom. The van der Waals surface area contributed by atoms with Crippen LogP contribution in [0.4, 0.5) is 0 Å². The van der Waals surface area contributed by atoms with Gasteiger partial charge in [-0.3, -0.25) is 0 Å². The molecule has 0 aromatic rings. The maximum atomic E-state index is 2.52. The first-order valence-electron chi connectivity index (χ1n) is 6.65. The van der Waals surface area contributed by atoms with Crippen molar-refractivity contribution in [3.05, 3.63) is 0 Å². The van der Waals surface area contributed by atoms with Gasteiger partial charge in [0, 0.05) is 13.1 Å². The van der Waals surface area contributed by atoms with Crippen LogP contribution in [0.15, 0.2) is 0 Å². The van der Waals surface area contributed by atoms with Gasteiger partial charge in [-0.05, 0) is 39.5 Å². The van der Waals surface area contributed by atoms with Crippen LogP contribution in [0.3, 0.4) is 0 Å². The van der Waals surface area contributed by atoms with Crippen molar-refractivity contribution < 1.29 is 0 Å². The van der Waals surface area contributed by atoms with E-state index in [4.69, 9.17) is 0 Å². The summed E-state index contributed by atoms with van der Waals surface area (Å²) in [5.41, 5.74) is 0. The van der Waals surface area contributed by atoms with Crippen molar-refractivity contribution in [3.8, 4) is 0 Å². The molecule has 0 saturated heterocycles. The molecule has 15 heavy (non-hydrogen) atoms. The van der Waals surface area contributed by atoms with Crippen LogP contribution in [0, 0.1) is 0 Å². The fourth-order valence-electron chi connectivity index (χ4n) is 1.55. The predicted molar refractivity (Wildman–Crippen MR) is 71.5 cm³/mol. The minimum atomic E-state index is 1.19. The van der Waals surface area contributed by atoms with Crippen molar-refractivity contribution >= 4 is 0 Å². The largest absolute Gasteiger partial charge is 0.305 e. The van der Waals surface area contributed by atoms with Gasteiger partial charge in [0.25, 0.3) is 0 Å². The second-order valence-electron chi connectivity index (χ2n) is 3.74. The third kappa shape index (κ3) is 11.8. The van der Waals surface area contributed by atoms with Gasteiger partial charge in [-0.2, -0.15) is 0 Å². The molecule has 0 amide bonds. The minimum absolute atomic E-state index is 1.19. The molecule has 0 atom stereocenters. The second-order valence-corrected chi connectivity index (χ2v) is 3.74. The molecule has 0 bridgehead atoms. The van der Waals surface area contributed by atoms with Gasteiger partial charge < -0.3 is 9.80 Å². The molecule has 2 heteroatoms. The highest BCUT2D eigenvalue weighted by Crippen LogP contribution is 1.93. The molecule has 0 rings (SSSR count). The molecule has 0 aliphatic carbocycles. The molecule has 0 radical (unpaired) electrons. The highest BCUT2D eigenvalue weighted by Gasteiger charge is 2.02. The van der Waals surface area contributed by atoms with Crippen molar-refractivity contribution in [2.45, 2.75) is 47.5 Å². The third-order valence-electron chi connectivity index (χ3n) is 2.39. The van der Waals surface area contributed by atoms with E-state index < -0.39 is 0 Å². The van der Waals surface area contributed by atoms with E-state index >= 15 is 0 Å². The van der Waals surface area contributed by atoms with Crippen LogP contribution in [0.5, 0.6) is 0 Å². The molecule has 0 fully saturated rings. The molecule has 0 aliphatic heterocycles. The van der Waals surface area contributed by atoms with E-state index in [1.54, 1.807) is 0 Å². The molecule has 0 aliphatic rings. The summed E-state index contributed by atoms with van der Waals surface area (Å²) in [5.74, 6) is 0. The molecule has 2 nitrogen and oxygen atoms in total. The molecule has 0 saturated carbocycles. The summed E-state index contributed by atoms with van der Waals surface area (Å²) >= 11 is 0. The zero-order chi connectivity index (χ0) is 12.1. The van der Waals surface area contributed by atoms with Gasteiger partial charge >= 0.3 is 0 Å². The van der Waals surface area contributed by atoms with Crippen LogP contribution < -0.4 is 0 Å². The molecule has 0 spiro atoms. The molecule has 0 aromatic heterocycles. The summed E-state index contributed by atoms with van der Waals surface area (Å²) in [7, 11) is 2.21. The fraction of sp³-hybridized carbons (Fsp3) is 1.00. The van der Waals surface area contributed by atoms with Gasteiger partial charge in [-0.25, -0.2) is 0 Å². The molecular weight excluding hydrogens is 184 g/mol. The van der Waals surface area contributed by atoms with Crippen molar-refractivity contribution in [3.63, 3.8) is 0 Å². The molecule has 0 N–H and O–H groups in total. The van der Waals surface area contributed by atoms with Crippen molar-refractivity contribution in [2.75, 3.05) is 39.8 Å². The summed E-state index contributed by atoms with van der Waals surface area (Å²) in [4.78, 5) is 4.94. The Bertz CT molecular complexity index is 105. The van der Waals surface area contributed by atoms with Crippen LogP contribution in [0.1, 0.15) is 47.5 Å². The maximum Gasteiger partial charge on any atom is 0.0109 e. The van der Waals surface area contributed by atoms with Gasteiger partial charge in [0.15, 0.2) is 0 Å². The highest BCUT2D eigenvalue weighted by molar-refractivity contribution is 4.58. The quantitative estimate of drug-likeness (QED) is 0.615. The second kappa shape index (κ2) is 13.9. The van der Waals surface area contributed by atoms with Gasteiger partial charge in [0.05, 0.1) is 0 Å². The average Bonchev–Trinajstić information content (AvgIpc) is 2.27. The van der Waals surface area contributed by atoms with E-state index in [9.17, 15) is 0 Å². The van der Waals surface area contributed by atoms with Crippen molar-refractivity contribution in [1.82, 2.24) is 9.80 Å². The lowest BCUT2D eigenvalue weighted by Crippen LogP contribution is -2.33. The number of nitrogens with zero attached hydrogens (tertiary/aromatic N) is 2. The Morgan fingerprint density at radius 1 is 0.733 bits per heavy atom. The van der Waals surface area contributed by atoms with E-state index in [0.29, 0.717) is 0 Å². The van der Waals surface area contributed by atoms with E-state index in [1.807, 2.05) is 13.8 Å².